The summed E-state index contributed by atoms with van der Waals surface area (Å²) in [6.45, 7) is 9.01. The molecule has 156 valence electrons. The van der Waals surface area contributed by atoms with Crippen LogP contribution in [0.1, 0.15) is 97.8 Å². The number of carbonyl (C=O) groups excluding carboxylic acids is 1. The summed E-state index contributed by atoms with van der Waals surface area (Å²) in [5.74, 6) is 0.847. The van der Waals surface area contributed by atoms with Gasteiger partial charge in [-0.2, -0.15) is 0 Å². The lowest BCUT2D eigenvalue weighted by Gasteiger charge is -2.11. The van der Waals surface area contributed by atoms with Crippen LogP contribution in [0.4, 0.5) is 0 Å². The smallest absolute Gasteiger partial charge is 0.308 e. The highest BCUT2D eigenvalue weighted by atomic mass is 16.5. The molecular formula is C22H45NO3. The molecule has 0 bridgehead atoms. The van der Waals surface area contributed by atoms with E-state index in [0.29, 0.717) is 13.2 Å². The van der Waals surface area contributed by atoms with Gasteiger partial charge < -0.3 is 15.2 Å². The van der Waals surface area contributed by atoms with Crippen molar-refractivity contribution in [2.24, 2.45) is 11.8 Å². The topological polar surface area (TPSA) is 58.6 Å². The molecular weight excluding hydrogens is 326 g/mol. The molecule has 0 saturated heterocycles. The van der Waals surface area contributed by atoms with Gasteiger partial charge in [-0.05, 0) is 31.7 Å². The van der Waals surface area contributed by atoms with E-state index in [4.69, 9.17) is 9.84 Å². The Morgan fingerprint density at radius 3 is 2.04 bits per heavy atom. The van der Waals surface area contributed by atoms with Crippen molar-refractivity contribution in [1.82, 2.24) is 5.32 Å². The number of aliphatic hydroxyl groups is 1. The second-order valence-electron chi connectivity index (χ2n) is 8.05. The monoisotopic (exact) mass is 371 g/mol. The van der Waals surface area contributed by atoms with Crippen LogP contribution in [-0.2, 0) is 9.53 Å². The molecule has 2 N–H and O–H groups in total. The van der Waals surface area contributed by atoms with Crippen LogP contribution in [-0.4, -0.2) is 37.4 Å². The van der Waals surface area contributed by atoms with Gasteiger partial charge in [-0.1, -0.05) is 78.6 Å². The van der Waals surface area contributed by atoms with Gasteiger partial charge in [-0.25, -0.2) is 0 Å². The fraction of sp³-hybridized carbons (Fsp3) is 0.955. The number of rotatable bonds is 19. The molecule has 0 heterocycles. The number of hydrogen-bond acceptors (Lipinski definition) is 4. The average molecular weight is 372 g/mol. The zero-order valence-corrected chi connectivity index (χ0v) is 17.7. The van der Waals surface area contributed by atoms with Gasteiger partial charge >= 0.3 is 5.97 Å². The molecule has 0 radical (unpaired) electrons. The van der Waals surface area contributed by atoms with Crippen molar-refractivity contribution >= 4 is 5.97 Å². The van der Waals surface area contributed by atoms with Crippen molar-refractivity contribution in [3.05, 3.63) is 0 Å². The van der Waals surface area contributed by atoms with Crippen LogP contribution in [0.3, 0.4) is 0 Å². The van der Waals surface area contributed by atoms with Crippen molar-refractivity contribution in [1.29, 1.82) is 0 Å². The van der Waals surface area contributed by atoms with E-state index >= 15 is 0 Å². The minimum atomic E-state index is -0.0157. The first kappa shape index (κ1) is 25.4. The standard InChI is InChI=1S/C22H45NO3/c1-20(2)14-10-6-4-7-11-15-21(3)22(25)26-19-13-9-5-8-12-16-23-17-18-24/h20-21,23-24H,4-19H2,1-3H3. The third-order valence-corrected chi connectivity index (χ3v) is 4.85. The molecule has 0 spiro atoms. The Morgan fingerprint density at radius 1 is 0.808 bits per heavy atom. The number of esters is 1. The van der Waals surface area contributed by atoms with Crippen molar-refractivity contribution in [2.45, 2.75) is 97.8 Å². The average Bonchev–Trinajstić information content (AvgIpc) is 2.61. The van der Waals surface area contributed by atoms with Crippen molar-refractivity contribution in [2.75, 3.05) is 26.3 Å². The SMILES string of the molecule is CC(C)CCCCCCCC(C)C(=O)OCCCCCCCNCCO. The van der Waals surface area contributed by atoms with E-state index in [1.165, 1.54) is 44.9 Å². The Kier molecular flexibility index (Phi) is 18.7. The predicted octanol–water partition coefficient (Wildman–Crippen LogP) is 5.08. The summed E-state index contributed by atoms with van der Waals surface area (Å²) in [5, 5.41) is 11.8. The summed E-state index contributed by atoms with van der Waals surface area (Å²) < 4.78 is 5.41. The van der Waals surface area contributed by atoms with Gasteiger partial charge in [0.15, 0.2) is 0 Å². The zero-order valence-electron chi connectivity index (χ0n) is 17.7. The highest BCUT2D eigenvalue weighted by molar-refractivity contribution is 5.71. The lowest BCUT2D eigenvalue weighted by Crippen LogP contribution is -2.19. The number of hydrogen-bond donors (Lipinski definition) is 2. The largest absolute Gasteiger partial charge is 0.465 e. The van der Waals surface area contributed by atoms with Gasteiger partial charge in [-0.15, -0.1) is 0 Å². The molecule has 0 aliphatic rings. The molecule has 0 aliphatic heterocycles. The van der Waals surface area contributed by atoms with Gasteiger partial charge in [0, 0.05) is 6.54 Å². The maximum absolute atomic E-state index is 12.0. The summed E-state index contributed by atoms with van der Waals surface area (Å²) in [4.78, 5) is 12.0. The molecule has 1 unspecified atom stereocenters. The minimum Gasteiger partial charge on any atom is -0.465 e. The number of nitrogens with one attached hydrogen (secondary N) is 1. The summed E-state index contributed by atoms with van der Waals surface area (Å²) in [7, 11) is 0. The molecule has 0 aromatic heterocycles. The first-order valence-electron chi connectivity index (χ1n) is 11.1. The molecule has 0 aliphatic carbocycles. The van der Waals surface area contributed by atoms with E-state index in [0.717, 1.165) is 44.6 Å². The van der Waals surface area contributed by atoms with Crippen LogP contribution >= 0.6 is 0 Å². The minimum absolute atomic E-state index is 0.0157. The molecule has 0 aromatic rings. The first-order chi connectivity index (χ1) is 12.6. The third kappa shape index (κ3) is 18.2. The molecule has 4 nitrogen and oxygen atoms in total. The predicted molar refractivity (Wildman–Crippen MR) is 110 cm³/mol. The van der Waals surface area contributed by atoms with E-state index in [2.05, 4.69) is 19.2 Å². The highest BCUT2D eigenvalue weighted by Gasteiger charge is 2.13. The molecule has 1 atom stereocenters. The first-order valence-corrected chi connectivity index (χ1v) is 11.1. The van der Waals surface area contributed by atoms with E-state index < -0.39 is 0 Å². The number of ether oxygens (including phenoxy) is 1. The lowest BCUT2D eigenvalue weighted by atomic mass is 10.0. The number of unbranched alkanes of at least 4 members (excludes halogenated alkanes) is 8. The maximum atomic E-state index is 12.0. The summed E-state index contributed by atoms with van der Waals surface area (Å²) in [6.07, 6.45) is 14.3. The van der Waals surface area contributed by atoms with Crippen molar-refractivity contribution in [3.63, 3.8) is 0 Å². The molecule has 0 aromatic carbocycles. The fourth-order valence-electron chi connectivity index (χ4n) is 3.05. The second-order valence-corrected chi connectivity index (χ2v) is 8.05. The Morgan fingerprint density at radius 2 is 1.38 bits per heavy atom. The summed E-state index contributed by atoms with van der Waals surface area (Å²) in [6, 6.07) is 0. The van der Waals surface area contributed by atoms with Gasteiger partial charge in [0.05, 0.1) is 19.1 Å². The molecule has 0 saturated carbocycles. The molecule has 26 heavy (non-hydrogen) atoms. The van der Waals surface area contributed by atoms with E-state index in [1.807, 2.05) is 6.92 Å². The highest BCUT2D eigenvalue weighted by Crippen LogP contribution is 2.15. The zero-order chi connectivity index (χ0) is 19.5. The Hall–Kier alpha value is -0.610. The normalized spacial score (nSPS) is 12.5. The molecule has 0 rings (SSSR count). The Labute approximate surface area is 162 Å². The van der Waals surface area contributed by atoms with E-state index in [9.17, 15) is 4.79 Å². The second kappa shape index (κ2) is 19.2. The summed E-state index contributed by atoms with van der Waals surface area (Å²) >= 11 is 0. The van der Waals surface area contributed by atoms with Crippen LogP contribution in [0.5, 0.6) is 0 Å². The quantitative estimate of drug-likeness (QED) is 0.245. The molecule has 0 amide bonds. The maximum Gasteiger partial charge on any atom is 0.308 e. The number of aliphatic hydroxyl groups excluding tert-OH is 1. The Bertz CT molecular complexity index is 308. The van der Waals surface area contributed by atoms with Crippen LogP contribution in [0.25, 0.3) is 0 Å². The lowest BCUT2D eigenvalue weighted by molar-refractivity contribution is -0.148. The van der Waals surface area contributed by atoms with Crippen LogP contribution in [0.15, 0.2) is 0 Å². The van der Waals surface area contributed by atoms with Crippen LogP contribution in [0, 0.1) is 11.8 Å². The van der Waals surface area contributed by atoms with E-state index in [1.54, 1.807) is 0 Å². The fourth-order valence-corrected chi connectivity index (χ4v) is 3.05. The van der Waals surface area contributed by atoms with Gasteiger partial charge in [0.2, 0.25) is 0 Å². The van der Waals surface area contributed by atoms with E-state index in [-0.39, 0.29) is 18.5 Å². The summed E-state index contributed by atoms with van der Waals surface area (Å²) in [5.41, 5.74) is 0. The van der Waals surface area contributed by atoms with Crippen LogP contribution in [0.2, 0.25) is 0 Å². The van der Waals surface area contributed by atoms with Gasteiger partial charge in [0.25, 0.3) is 0 Å². The molecule has 0 fully saturated rings. The van der Waals surface area contributed by atoms with Crippen molar-refractivity contribution < 1.29 is 14.6 Å². The van der Waals surface area contributed by atoms with Gasteiger partial charge in [0.1, 0.15) is 0 Å². The van der Waals surface area contributed by atoms with Crippen molar-refractivity contribution in [3.8, 4) is 0 Å². The third-order valence-electron chi connectivity index (χ3n) is 4.85. The van der Waals surface area contributed by atoms with Crippen LogP contribution < -0.4 is 5.32 Å². The van der Waals surface area contributed by atoms with Gasteiger partial charge in [-0.3, -0.25) is 4.79 Å². The Balaban J connectivity index is 3.35. The molecule has 4 heteroatoms. The number of carbonyl (C=O) groups is 1.